The Hall–Kier alpha value is -3.59. The molecule has 1 unspecified atom stereocenters. The molecule has 4 rings (SSSR count). The standard InChI is InChI=1S/C22H25N9O5S3/c1-3-5-36-29-14(11-9-39-22(25)26-11)17(32)28-15-18(33)31-16(20(34)35)10(8-38-19(15)31)7-37-13-6-12(23)30(4-2)21(24)27-13/h1,9,12,15,19,24H,4-8,23H2,2H3,(H2,25,26)(H,28,32)(H,34,35)/t12?,15-,19-/m1/s1. The second-order valence-electron chi connectivity index (χ2n) is 8.28. The van der Waals surface area contributed by atoms with Crippen LogP contribution >= 0.6 is 34.9 Å². The van der Waals surface area contributed by atoms with Crippen LogP contribution in [0.5, 0.6) is 0 Å². The zero-order chi connectivity index (χ0) is 28.3. The number of anilines is 1. The van der Waals surface area contributed by atoms with Gasteiger partial charge in [0, 0.05) is 29.9 Å². The van der Waals surface area contributed by atoms with Gasteiger partial charge in [-0.3, -0.25) is 19.9 Å². The number of amides is 2. The highest BCUT2D eigenvalue weighted by Crippen LogP contribution is 2.41. The first-order chi connectivity index (χ1) is 18.7. The minimum absolute atomic E-state index is 0.0636. The maximum atomic E-state index is 13.1. The Labute approximate surface area is 235 Å². The molecule has 1 aromatic rings. The molecule has 0 aromatic carbocycles. The largest absolute Gasteiger partial charge is 0.477 e. The number of carboxylic acids is 1. The van der Waals surface area contributed by atoms with Crippen molar-refractivity contribution in [3.05, 3.63) is 22.3 Å². The van der Waals surface area contributed by atoms with Crippen molar-refractivity contribution in [3.63, 3.8) is 0 Å². The van der Waals surface area contributed by atoms with E-state index in [2.05, 4.69) is 26.4 Å². The van der Waals surface area contributed by atoms with E-state index in [0.29, 0.717) is 29.3 Å². The Morgan fingerprint density at radius 1 is 1.49 bits per heavy atom. The quantitative estimate of drug-likeness (QED) is 0.0840. The third-order valence-corrected chi connectivity index (χ3v) is 8.96. The van der Waals surface area contributed by atoms with E-state index >= 15 is 0 Å². The SMILES string of the molecule is C#CCON=C(C(=O)N[C@@H]1C(=O)N2C(C(=O)O)=C(CSC3=NC(=N)N(CC)C(N)C3)CS[C@H]12)c1csc(N)n1. The van der Waals surface area contributed by atoms with Crippen molar-refractivity contribution in [1.82, 2.24) is 20.1 Å². The van der Waals surface area contributed by atoms with Crippen molar-refractivity contribution < 1.29 is 24.3 Å². The van der Waals surface area contributed by atoms with Crippen LogP contribution in [0.25, 0.3) is 0 Å². The normalized spacial score (nSPS) is 23.1. The molecule has 3 aliphatic rings. The van der Waals surface area contributed by atoms with Gasteiger partial charge in [-0.2, -0.15) is 0 Å². The first-order valence-electron chi connectivity index (χ1n) is 11.5. The number of carbonyl (C=O) groups excluding carboxylic acids is 2. The van der Waals surface area contributed by atoms with Gasteiger partial charge in [0.15, 0.2) is 17.5 Å². The predicted molar refractivity (Wildman–Crippen MR) is 150 cm³/mol. The summed E-state index contributed by atoms with van der Waals surface area (Å²) < 4.78 is 0. The summed E-state index contributed by atoms with van der Waals surface area (Å²) >= 11 is 3.72. The van der Waals surface area contributed by atoms with Gasteiger partial charge in [-0.05, 0) is 12.5 Å². The Kier molecular flexibility index (Phi) is 8.80. The summed E-state index contributed by atoms with van der Waals surface area (Å²) in [6, 6.07) is -0.985. The van der Waals surface area contributed by atoms with Crippen LogP contribution in [0, 0.1) is 17.8 Å². The van der Waals surface area contributed by atoms with Gasteiger partial charge in [-0.15, -0.1) is 41.3 Å². The number of hydrogen-bond acceptors (Lipinski definition) is 12. The average molecular weight is 592 g/mol. The molecule has 1 fully saturated rings. The summed E-state index contributed by atoms with van der Waals surface area (Å²) in [6.07, 6.45) is 5.22. The molecule has 17 heteroatoms. The van der Waals surface area contributed by atoms with E-state index in [9.17, 15) is 19.5 Å². The highest BCUT2D eigenvalue weighted by molar-refractivity contribution is 8.14. The van der Waals surface area contributed by atoms with E-state index in [-0.39, 0.29) is 46.7 Å². The number of nitrogens with one attached hydrogen (secondary N) is 2. The van der Waals surface area contributed by atoms with Crippen molar-refractivity contribution in [3.8, 4) is 12.3 Å². The number of thioether (sulfide) groups is 2. The van der Waals surface area contributed by atoms with E-state index in [1.54, 1.807) is 4.90 Å². The molecule has 0 spiro atoms. The Bertz CT molecular complexity index is 1330. The molecule has 7 N–H and O–H groups in total. The van der Waals surface area contributed by atoms with Crippen LogP contribution < -0.4 is 16.8 Å². The monoisotopic (exact) mass is 591 g/mol. The lowest BCUT2D eigenvalue weighted by atomic mass is 10.0. The molecular formula is C22H25N9O5S3. The minimum atomic E-state index is -1.25. The van der Waals surface area contributed by atoms with Gasteiger partial charge < -0.3 is 31.6 Å². The number of carbonyl (C=O) groups is 3. The highest BCUT2D eigenvalue weighted by atomic mass is 32.2. The van der Waals surface area contributed by atoms with Crippen molar-refractivity contribution in [2.45, 2.75) is 30.9 Å². The second-order valence-corrected chi connectivity index (χ2v) is 11.3. The molecule has 0 saturated carbocycles. The molecule has 0 aliphatic carbocycles. The van der Waals surface area contributed by atoms with Crippen molar-refractivity contribution >= 4 is 74.5 Å². The number of aliphatic imine (C=N–C) groups is 1. The maximum Gasteiger partial charge on any atom is 0.352 e. The third-order valence-electron chi connectivity index (χ3n) is 5.86. The number of β-lactam (4-membered cyclic amide) rings is 1. The van der Waals surface area contributed by atoms with E-state index in [4.69, 9.17) is 28.1 Å². The fraction of sp³-hybridized carbons (Fsp3) is 0.409. The van der Waals surface area contributed by atoms with Gasteiger partial charge in [0.1, 0.15) is 22.8 Å². The number of aromatic nitrogens is 1. The lowest BCUT2D eigenvalue weighted by Gasteiger charge is -2.49. The molecule has 2 amide bonds. The van der Waals surface area contributed by atoms with E-state index < -0.39 is 29.2 Å². The van der Waals surface area contributed by atoms with Gasteiger partial charge in [0.2, 0.25) is 5.96 Å². The van der Waals surface area contributed by atoms with E-state index in [1.165, 1.54) is 33.8 Å². The van der Waals surface area contributed by atoms with Crippen LogP contribution in [-0.2, 0) is 19.2 Å². The lowest BCUT2D eigenvalue weighted by molar-refractivity contribution is -0.150. The summed E-state index contributed by atoms with van der Waals surface area (Å²) in [7, 11) is 0. The maximum absolute atomic E-state index is 13.1. The molecule has 14 nitrogen and oxygen atoms in total. The number of aliphatic carboxylic acids is 1. The number of oxime groups is 1. The van der Waals surface area contributed by atoms with Crippen LogP contribution in [0.15, 0.2) is 26.8 Å². The Morgan fingerprint density at radius 3 is 2.87 bits per heavy atom. The topological polar surface area (TPSA) is 213 Å². The van der Waals surface area contributed by atoms with Crippen molar-refractivity contribution in [2.24, 2.45) is 15.9 Å². The first-order valence-corrected chi connectivity index (χ1v) is 14.4. The fourth-order valence-corrected chi connectivity index (χ4v) is 7.10. The number of terminal acetylenes is 1. The number of nitrogens with zero attached hydrogens (tertiary/aromatic N) is 5. The molecule has 39 heavy (non-hydrogen) atoms. The molecule has 0 bridgehead atoms. The molecule has 206 valence electrons. The van der Waals surface area contributed by atoms with Crippen LogP contribution in [0.1, 0.15) is 19.0 Å². The Balaban J connectivity index is 1.47. The number of carboxylic acid groups (broad SMARTS) is 1. The fourth-order valence-electron chi connectivity index (χ4n) is 4.06. The summed E-state index contributed by atoms with van der Waals surface area (Å²) in [4.78, 5) is 54.4. The summed E-state index contributed by atoms with van der Waals surface area (Å²) in [5, 5.41) is 26.1. The van der Waals surface area contributed by atoms with Gasteiger partial charge in [0.25, 0.3) is 11.8 Å². The number of rotatable bonds is 9. The van der Waals surface area contributed by atoms with Crippen molar-refractivity contribution in [1.29, 1.82) is 5.41 Å². The first kappa shape index (κ1) is 28.4. The van der Waals surface area contributed by atoms with Crippen LogP contribution in [0.3, 0.4) is 0 Å². The van der Waals surface area contributed by atoms with Crippen LogP contribution in [0.2, 0.25) is 0 Å². The number of guanidine groups is 1. The van der Waals surface area contributed by atoms with Gasteiger partial charge in [0.05, 0.1) is 11.2 Å². The van der Waals surface area contributed by atoms with Gasteiger partial charge in [-0.25, -0.2) is 14.8 Å². The molecule has 1 saturated heterocycles. The zero-order valence-electron chi connectivity index (χ0n) is 20.6. The molecular weight excluding hydrogens is 567 g/mol. The number of thiazole rings is 1. The third kappa shape index (κ3) is 5.88. The Morgan fingerprint density at radius 2 is 2.26 bits per heavy atom. The number of nitrogens with two attached hydrogens (primary N) is 2. The summed E-state index contributed by atoms with van der Waals surface area (Å²) in [5.41, 5.74) is 12.2. The van der Waals surface area contributed by atoms with E-state index in [1.807, 2.05) is 6.92 Å². The lowest BCUT2D eigenvalue weighted by Crippen LogP contribution is -2.71. The molecule has 3 aliphatic heterocycles. The smallest absolute Gasteiger partial charge is 0.352 e. The predicted octanol–water partition coefficient (Wildman–Crippen LogP) is -0.105. The summed E-state index contributed by atoms with van der Waals surface area (Å²) in [6.45, 7) is 2.26. The molecule has 4 heterocycles. The van der Waals surface area contributed by atoms with Crippen molar-refractivity contribution in [2.75, 3.05) is 30.4 Å². The minimum Gasteiger partial charge on any atom is -0.477 e. The number of hydrogen-bond donors (Lipinski definition) is 5. The second kappa shape index (κ2) is 12.1. The average Bonchev–Trinajstić information content (AvgIpc) is 3.33. The van der Waals surface area contributed by atoms with Gasteiger partial charge >= 0.3 is 5.97 Å². The molecule has 1 aromatic heterocycles. The number of nitrogen functional groups attached to an aromatic ring is 1. The zero-order valence-corrected chi connectivity index (χ0v) is 23.1. The van der Waals surface area contributed by atoms with Crippen LogP contribution in [-0.4, -0.2) is 96.6 Å². The van der Waals surface area contributed by atoms with E-state index in [0.717, 1.165) is 11.3 Å². The summed E-state index contributed by atoms with van der Waals surface area (Å²) in [5.74, 6) is 0.322. The molecule has 0 radical (unpaired) electrons. The molecule has 3 atom stereocenters. The highest BCUT2D eigenvalue weighted by Gasteiger charge is 2.54. The van der Waals surface area contributed by atoms with Gasteiger partial charge in [-0.1, -0.05) is 11.1 Å². The van der Waals surface area contributed by atoms with Crippen LogP contribution in [0.4, 0.5) is 5.13 Å². The number of fused-ring (bicyclic) bond motifs is 1.